The average Bonchev–Trinajstić information content (AvgIpc) is 2.79. The molecule has 0 spiro atoms. The highest BCUT2D eigenvalue weighted by atomic mass is 127. The van der Waals surface area contributed by atoms with E-state index in [0.717, 1.165) is 20.9 Å². The van der Waals surface area contributed by atoms with Crippen molar-refractivity contribution < 1.29 is 4.79 Å². The number of nitriles is 1. The average molecular weight is 465 g/mol. The molecule has 0 bridgehead atoms. The highest BCUT2D eigenvalue weighted by molar-refractivity contribution is 14.2. The number of Topliss-reactive ketones (excluding diaryl/α,β-unsaturated/α-hetero) is 1. The van der Waals surface area contributed by atoms with Gasteiger partial charge in [0.05, 0.1) is 17.3 Å². The smallest absolute Gasteiger partial charge is 0.194 e. The predicted molar refractivity (Wildman–Crippen MR) is 97.3 cm³/mol. The second kappa shape index (κ2) is 8.05. The maximum Gasteiger partial charge on any atom is 0.194 e. The number of fused-ring (bicyclic) bond motifs is 1. The first kappa shape index (κ1) is 17.5. The van der Waals surface area contributed by atoms with Crippen molar-refractivity contribution in [3.8, 4) is 6.07 Å². The third kappa shape index (κ3) is 3.57. The van der Waals surface area contributed by atoms with Crippen LogP contribution in [0.4, 0.5) is 0 Å². The number of carbonyl (C=O) groups excluding carboxylic acids is 1. The van der Waals surface area contributed by atoms with E-state index in [2.05, 4.69) is 37.1 Å². The Kier molecular flexibility index (Phi) is 7.06. The van der Waals surface area contributed by atoms with Crippen molar-refractivity contribution in [3.63, 3.8) is 0 Å². The summed E-state index contributed by atoms with van der Waals surface area (Å²) in [5, 5.41) is 9.64. The Morgan fingerprint density at radius 2 is 2.10 bits per heavy atom. The number of halogens is 2. The van der Waals surface area contributed by atoms with Crippen LogP contribution in [0.2, 0.25) is 0 Å². The maximum atomic E-state index is 11.9. The molecule has 0 amide bonds. The normalized spacial score (nSPS) is 9.80. The molecule has 0 aliphatic rings. The van der Waals surface area contributed by atoms with Crippen molar-refractivity contribution in [2.24, 2.45) is 0 Å². The van der Waals surface area contributed by atoms with E-state index in [1.165, 1.54) is 9.12 Å². The molecule has 0 fully saturated rings. The summed E-state index contributed by atoms with van der Waals surface area (Å²) in [6, 6.07) is 7.78. The lowest BCUT2D eigenvalue weighted by Gasteiger charge is -2.04. The molecule has 0 saturated heterocycles. The predicted octanol–water partition coefficient (Wildman–Crippen LogP) is 5.68. The van der Waals surface area contributed by atoms with Crippen molar-refractivity contribution in [1.29, 1.82) is 5.26 Å². The fraction of sp³-hybridized carbons (Fsp3) is 0.286. The lowest BCUT2D eigenvalue weighted by atomic mass is 10.1. The Morgan fingerprint density at radius 3 is 2.65 bits per heavy atom. The minimum atomic E-state index is -0.147. The number of hydrogen-bond acceptors (Lipinski definition) is 3. The van der Waals surface area contributed by atoms with Gasteiger partial charge in [0.15, 0.2) is 5.78 Å². The summed E-state index contributed by atoms with van der Waals surface area (Å²) in [4.78, 5) is 11.9. The summed E-state index contributed by atoms with van der Waals surface area (Å²) in [5.74, 6) is -0.147. The number of aromatic nitrogens is 1. The molecule has 2 aromatic rings. The molecular weight excluding hydrogens is 451 g/mol. The summed E-state index contributed by atoms with van der Waals surface area (Å²) in [5.41, 5.74) is 2.68. The van der Waals surface area contributed by atoms with Crippen molar-refractivity contribution in [1.82, 2.24) is 3.97 Å². The zero-order valence-corrected chi connectivity index (χ0v) is 16.0. The topological polar surface area (TPSA) is 45.8 Å². The molecule has 0 aliphatic carbocycles. The van der Waals surface area contributed by atoms with Crippen molar-refractivity contribution in [3.05, 3.63) is 33.9 Å². The molecule has 6 heteroatoms. The molecule has 1 aromatic carbocycles. The Bertz CT molecular complexity index is 676. The highest BCUT2D eigenvalue weighted by Crippen LogP contribution is 2.32. The molecule has 1 heterocycles. The number of hydrogen-bond donors (Lipinski definition) is 0. The third-order valence-electron chi connectivity index (χ3n) is 2.63. The lowest BCUT2D eigenvalue weighted by molar-refractivity contribution is 0.0993. The fourth-order valence-corrected chi connectivity index (χ4v) is 3.82. The third-order valence-corrected chi connectivity index (χ3v) is 5.20. The Hall–Kier alpha value is -0.520. The SMILES string of the molecule is CC.Cc1cc2cc(C(=O)CC#N)n(SI)c2cc1Br. The van der Waals surface area contributed by atoms with Crippen molar-refractivity contribution in [2.75, 3.05) is 0 Å². The van der Waals surface area contributed by atoms with Crippen LogP contribution in [0, 0.1) is 18.3 Å². The monoisotopic (exact) mass is 464 g/mol. The van der Waals surface area contributed by atoms with E-state index in [9.17, 15) is 4.79 Å². The molecule has 106 valence electrons. The van der Waals surface area contributed by atoms with E-state index in [4.69, 9.17) is 5.26 Å². The van der Waals surface area contributed by atoms with E-state index < -0.39 is 0 Å². The molecule has 0 radical (unpaired) electrons. The number of nitrogens with zero attached hydrogens (tertiary/aromatic N) is 2. The second-order valence-electron chi connectivity index (χ2n) is 3.81. The summed E-state index contributed by atoms with van der Waals surface area (Å²) in [6.45, 7) is 6.01. The van der Waals surface area contributed by atoms with Crippen LogP contribution < -0.4 is 0 Å². The van der Waals surface area contributed by atoms with E-state index in [1.54, 1.807) is 0 Å². The van der Waals surface area contributed by atoms with Gasteiger partial charge < -0.3 is 0 Å². The van der Waals surface area contributed by atoms with Gasteiger partial charge in [-0.3, -0.25) is 8.77 Å². The summed E-state index contributed by atoms with van der Waals surface area (Å²) >= 11 is 5.63. The molecule has 20 heavy (non-hydrogen) atoms. The minimum Gasteiger partial charge on any atom is -0.291 e. The van der Waals surface area contributed by atoms with Gasteiger partial charge in [0.1, 0.15) is 6.42 Å². The Balaban J connectivity index is 0.000000956. The second-order valence-corrected chi connectivity index (χ2v) is 6.35. The number of ketones is 1. The number of benzene rings is 1. The zero-order chi connectivity index (χ0) is 15.3. The van der Waals surface area contributed by atoms with Gasteiger partial charge >= 0.3 is 0 Å². The van der Waals surface area contributed by atoms with Crippen LogP contribution in [-0.4, -0.2) is 9.76 Å². The molecular formula is C14H14BrIN2OS. The molecule has 0 aliphatic heterocycles. The van der Waals surface area contributed by atoms with Crippen LogP contribution in [0.3, 0.4) is 0 Å². The van der Waals surface area contributed by atoms with Gasteiger partial charge in [-0.25, -0.2) is 0 Å². The van der Waals surface area contributed by atoms with Gasteiger partial charge in [-0.05, 0) is 30.7 Å². The van der Waals surface area contributed by atoms with Crippen LogP contribution in [0.15, 0.2) is 22.7 Å². The fourth-order valence-electron chi connectivity index (χ4n) is 1.75. The van der Waals surface area contributed by atoms with Crippen LogP contribution in [0.1, 0.15) is 36.3 Å². The van der Waals surface area contributed by atoms with Gasteiger partial charge in [0.2, 0.25) is 0 Å². The number of carbonyl (C=O) groups is 1. The number of rotatable bonds is 3. The zero-order valence-electron chi connectivity index (χ0n) is 11.4. The molecule has 0 saturated carbocycles. The highest BCUT2D eigenvalue weighted by Gasteiger charge is 2.16. The summed E-state index contributed by atoms with van der Waals surface area (Å²) < 4.78 is 2.87. The number of aryl methyl sites for hydroxylation is 1. The Morgan fingerprint density at radius 1 is 1.45 bits per heavy atom. The molecule has 3 nitrogen and oxygen atoms in total. The van der Waals surface area contributed by atoms with E-state index >= 15 is 0 Å². The first-order chi connectivity index (χ1) is 9.58. The van der Waals surface area contributed by atoms with Gasteiger partial charge in [-0.15, -0.1) is 0 Å². The van der Waals surface area contributed by atoms with Gasteiger partial charge in [-0.2, -0.15) is 5.26 Å². The van der Waals surface area contributed by atoms with Crippen LogP contribution in [0.25, 0.3) is 10.9 Å². The van der Waals surface area contributed by atoms with Gasteiger partial charge in [0, 0.05) is 40.2 Å². The van der Waals surface area contributed by atoms with E-state index in [-0.39, 0.29) is 12.2 Å². The van der Waals surface area contributed by atoms with Gasteiger partial charge in [0.25, 0.3) is 0 Å². The lowest BCUT2D eigenvalue weighted by Crippen LogP contribution is -2.02. The first-order valence-corrected chi connectivity index (χ1v) is 10.2. The molecule has 0 atom stereocenters. The quantitative estimate of drug-likeness (QED) is 0.433. The van der Waals surface area contributed by atoms with Crippen LogP contribution in [-0.2, 0) is 0 Å². The minimum absolute atomic E-state index is 0.0896. The van der Waals surface area contributed by atoms with E-state index in [1.807, 2.05) is 49.0 Å². The van der Waals surface area contributed by atoms with Crippen LogP contribution >= 0.6 is 46.3 Å². The van der Waals surface area contributed by atoms with Crippen LogP contribution in [0.5, 0.6) is 0 Å². The van der Waals surface area contributed by atoms with Gasteiger partial charge in [-0.1, -0.05) is 29.8 Å². The van der Waals surface area contributed by atoms with E-state index in [0.29, 0.717) is 5.69 Å². The summed E-state index contributed by atoms with van der Waals surface area (Å²) in [6.07, 6.45) is -0.0896. The summed E-state index contributed by atoms with van der Waals surface area (Å²) in [7, 11) is 1.44. The Labute approximate surface area is 143 Å². The molecule has 0 unspecified atom stereocenters. The largest absolute Gasteiger partial charge is 0.291 e. The first-order valence-electron chi connectivity index (χ1n) is 6.09. The molecule has 2 rings (SSSR count). The molecule has 1 aromatic heterocycles. The van der Waals surface area contributed by atoms with Crippen molar-refractivity contribution in [2.45, 2.75) is 27.2 Å². The molecule has 0 N–H and O–H groups in total. The standard InChI is InChI=1S/C12H8BrIN2OS.C2H6/c1-7-4-8-5-11(12(17)2-3-15)16(18-14)10(8)6-9(7)13;1-2/h4-6H,2H2,1H3;1-2H3. The van der Waals surface area contributed by atoms with Crippen molar-refractivity contribution >= 4 is 62.9 Å². The maximum absolute atomic E-state index is 11.9.